The number of hydrogen-bond donors (Lipinski definition) is 0. The van der Waals surface area contributed by atoms with Gasteiger partial charge in [0.25, 0.3) is 0 Å². The van der Waals surface area contributed by atoms with Crippen LogP contribution in [0.3, 0.4) is 0 Å². The molecule has 0 radical (unpaired) electrons. The topological polar surface area (TPSA) is 57.7 Å². The lowest BCUT2D eigenvalue weighted by atomic mass is 10.1. The standard InChI is InChI=1S/C20H20Cl2N2O3S/c21-18-7-4-8-19(22)17(18)15-20(25)23-10-12-24(13-11-23)28(26,27)14-9-16-5-2-1-3-6-16/h1-9,14H,10-13,15H2/b14-9+. The molecule has 1 heterocycles. The minimum Gasteiger partial charge on any atom is -0.340 e. The second kappa shape index (κ2) is 9.09. The Hall–Kier alpha value is -1.86. The highest BCUT2D eigenvalue weighted by Gasteiger charge is 2.27. The van der Waals surface area contributed by atoms with Crippen molar-refractivity contribution in [2.75, 3.05) is 26.2 Å². The molecule has 0 bridgehead atoms. The number of benzene rings is 2. The average molecular weight is 439 g/mol. The number of halogens is 2. The van der Waals surface area contributed by atoms with Crippen LogP contribution in [0.5, 0.6) is 0 Å². The van der Waals surface area contributed by atoms with Crippen molar-refractivity contribution in [1.82, 2.24) is 9.21 Å². The third-order valence-electron chi connectivity index (χ3n) is 4.57. The number of nitrogens with zero attached hydrogens (tertiary/aromatic N) is 2. The molecular formula is C20H20Cl2N2O3S. The number of amides is 1. The van der Waals surface area contributed by atoms with E-state index in [1.165, 1.54) is 9.71 Å². The Morgan fingerprint density at radius 1 is 0.929 bits per heavy atom. The van der Waals surface area contributed by atoms with Crippen LogP contribution >= 0.6 is 23.2 Å². The van der Waals surface area contributed by atoms with E-state index >= 15 is 0 Å². The van der Waals surface area contributed by atoms with Crippen molar-refractivity contribution in [3.8, 4) is 0 Å². The molecule has 0 spiro atoms. The zero-order valence-corrected chi connectivity index (χ0v) is 17.4. The van der Waals surface area contributed by atoms with Crippen LogP contribution in [0, 0.1) is 0 Å². The molecule has 5 nitrogen and oxygen atoms in total. The molecule has 0 N–H and O–H groups in total. The molecule has 0 atom stereocenters. The Morgan fingerprint density at radius 2 is 1.54 bits per heavy atom. The molecule has 1 aliphatic heterocycles. The van der Waals surface area contributed by atoms with Crippen molar-refractivity contribution >= 4 is 45.2 Å². The second-order valence-electron chi connectivity index (χ2n) is 6.42. The molecule has 148 valence electrons. The quantitative estimate of drug-likeness (QED) is 0.714. The highest BCUT2D eigenvalue weighted by atomic mass is 35.5. The van der Waals surface area contributed by atoms with E-state index in [1.807, 2.05) is 30.3 Å². The largest absolute Gasteiger partial charge is 0.340 e. The van der Waals surface area contributed by atoms with Crippen molar-refractivity contribution in [2.24, 2.45) is 0 Å². The minimum absolute atomic E-state index is 0.0964. The van der Waals surface area contributed by atoms with Crippen LogP contribution in [0.15, 0.2) is 53.9 Å². The molecule has 1 saturated heterocycles. The zero-order chi connectivity index (χ0) is 20.1. The maximum atomic E-state index is 12.6. The van der Waals surface area contributed by atoms with Crippen LogP contribution in [0.25, 0.3) is 6.08 Å². The molecule has 1 amide bonds. The Balaban J connectivity index is 1.59. The van der Waals surface area contributed by atoms with Crippen LogP contribution in [0.4, 0.5) is 0 Å². The molecule has 1 fully saturated rings. The molecule has 0 saturated carbocycles. The van der Waals surface area contributed by atoms with Gasteiger partial charge in [0.2, 0.25) is 15.9 Å². The van der Waals surface area contributed by atoms with E-state index in [1.54, 1.807) is 29.2 Å². The highest BCUT2D eigenvalue weighted by Crippen LogP contribution is 2.25. The fraction of sp³-hybridized carbons (Fsp3) is 0.250. The minimum atomic E-state index is -3.53. The summed E-state index contributed by atoms with van der Waals surface area (Å²) in [5.41, 5.74) is 1.41. The Bertz CT molecular complexity index is 950. The van der Waals surface area contributed by atoms with Gasteiger partial charge >= 0.3 is 0 Å². The normalized spacial score (nSPS) is 15.9. The van der Waals surface area contributed by atoms with Gasteiger partial charge < -0.3 is 4.90 Å². The SMILES string of the molecule is O=C(Cc1c(Cl)cccc1Cl)N1CCN(S(=O)(=O)/C=C/c2ccccc2)CC1. The predicted octanol–water partition coefficient (Wildman–Crippen LogP) is 3.68. The molecule has 0 aromatic heterocycles. The summed E-state index contributed by atoms with van der Waals surface area (Å²) in [5, 5.41) is 2.12. The summed E-state index contributed by atoms with van der Waals surface area (Å²) < 4.78 is 26.4. The van der Waals surface area contributed by atoms with Gasteiger partial charge in [-0.25, -0.2) is 8.42 Å². The van der Waals surface area contributed by atoms with Gasteiger partial charge in [-0.3, -0.25) is 4.79 Å². The van der Waals surface area contributed by atoms with Crippen molar-refractivity contribution in [3.05, 3.63) is 75.1 Å². The number of hydrogen-bond acceptors (Lipinski definition) is 3. The summed E-state index contributed by atoms with van der Waals surface area (Å²) in [6.07, 6.45) is 1.67. The van der Waals surface area contributed by atoms with Crippen molar-refractivity contribution < 1.29 is 13.2 Å². The monoisotopic (exact) mass is 438 g/mol. The molecule has 0 unspecified atom stereocenters. The first-order valence-corrected chi connectivity index (χ1v) is 11.1. The fourth-order valence-corrected chi connectivity index (χ4v) is 4.68. The van der Waals surface area contributed by atoms with Crippen LogP contribution < -0.4 is 0 Å². The first-order valence-electron chi connectivity index (χ1n) is 8.81. The van der Waals surface area contributed by atoms with Gasteiger partial charge in [0.05, 0.1) is 6.42 Å². The predicted molar refractivity (Wildman–Crippen MR) is 113 cm³/mol. The van der Waals surface area contributed by atoms with Gasteiger partial charge in [0.15, 0.2) is 0 Å². The van der Waals surface area contributed by atoms with E-state index in [0.717, 1.165) is 5.56 Å². The molecule has 0 aliphatic carbocycles. The van der Waals surface area contributed by atoms with Crippen LogP contribution in [-0.2, 0) is 21.2 Å². The van der Waals surface area contributed by atoms with E-state index in [4.69, 9.17) is 23.2 Å². The van der Waals surface area contributed by atoms with Crippen LogP contribution in [0.1, 0.15) is 11.1 Å². The van der Waals surface area contributed by atoms with Gasteiger partial charge in [-0.1, -0.05) is 59.6 Å². The number of rotatable bonds is 5. The molecule has 2 aromatic rings. The number of carbonyl (C=O) groups is 1. The van der Waals surface area contributed by atoms with E-state index in [-0.39, 0.29) is 25.4 Å². The maximum absolute atomic E-state index is 12.6. The summed E-state index contributed by atoms with van der Waals surface area (Å²) in [6.45, 7) is 1.17. The molecule has 28 heavy (non-hydrogen) atoms. The third-order valence-corrected chi connectivity index (χ3v) is 6.85. The number of carbonyl (C=O) groups excluding carboxylic acids is 1. The second-order valence-corrected chi connectivity index (χ2v) is 9.05. The molecule has 2 aromatic carbocycles. The van der Waals surface area contributed by atoms with E-state index in [2.05, 4.69) is 0 Å². The molecule has 3 rings (SSSR count). The van der Waals surface area contributed by atoms with Crippen LogP contribution in [0.2, 0.25) is 10.0 Å². The van der Waals surface area contributed by atoms with Crippen molar-refractivity contribution in [1.29, 1.82) is 0 Å². The lowest BCUT2D eigenvalue weighted by molar-refractivity contribution is -0.131. The van der Waals surface area contributed by atoms with Gasteiger partial charge in [0.1, 0.15) is 0 Å². The van der Waals surface area contributed by atoms with Crippen molar-refractivity contribution in [3.63, 3.8) is 0 Å². The Morgan fingerprint density at radius 3 is 2.14 bits per heavy atom. The maximum Gasteiger partial charge on any atom is 0.236 e. The van der Waals surface area contributed by atoms with Gasteiger partial charge in [-0.15, -0.1) is 0 Å². The zero-order valence-electron chi connectivity index (χ0n) is 15.1. The van der Waals surface area contributed by atoms with E-state index in [0.29, 0.717) is 28.7 Å². The highest BCUT2D eigenvalue weighted by molar-refractivity contribution is 7.92. The summed E-state index contributed by atoms with van der Waals surface area (Å²) >= 11 is 12.3. The summed E-state index contributed by atoms with van der Waals surface area (Å²) in [6, 6.07) is 14.4. The first-order chi connectivity index (χ1) is 13.4. The lowest BCUT2D eigenvalue weighted by Crippen LogP contribution is -2.50. The van der Waals surface area contributed by atoms with E-state index < -0.39 is 10.0 Å². The molecule has 8 heteroatoms. The lowest BCUT2D eigenvalue weighted by Gasteiger charge is -2.33. The smallest absolute Gasteiger partial charge is 0.236 e. The first kappa shape index (κ1) is 20.9. The Kier molecular flexibility index (Phi) is 6.78. The average Bonchev–Trinajstić information content (AvgIpc) is 2.70. The fourth-order valence-electron chi connectivity index (χ4n) is 2.97. The van der Waals surface area contributed by atoms with E-state index in [9.17, 15) is 13.2 Å². The third kappa shape index (κ3) is 5.14. The Labute approximate surface area is 175 Å². The molecular weight excluding hydrogens is 419 g/mol. The van der Waals surface area contributed by atoms with Gasteiger partial charge in [-0.2, -0.15) is 4.31 Å². The van der Waals surface area contributed by atoms with Crippen molar-refractivity contribution in [2.45, 2.75) is 6.42 Å². The molecule has 1 aliphatic rings. The summed E-state index contributed by atoms with van der Waals surface area (Å²) in [4.78, 5) is 14.2. The summed E-state index contributed by atoms with van der Waals surface area (Å²) in [7, 11) is -3.53. The van der Waals surface area contributed by atoms with Gasteiger partial charge in [-0.05, 0) is 29.3 Å². The van der Waals surface area contributed by atoms with Gasteiger partial charge in [0, 0.05) is 41.6 Å². The number of piperazine rings is 1. The van der Waals surface area contributed by atoms with Crippen LogP contribution in [-0.4, -0.2) is 49.7 Å². The number of sulfonamides is 1. The summed E-state index contributed by atoms with van der Waals surface area (Å²) in [5.74, 6) is -0.119.